The summed E-state index contributed by atoms with van der Waals surface area (Å²) in [7, 11) is 0. The van der Waals surface area contributed by atoms with Crippen molar-refractivity contribution in [1.82, 2.24) is 5.32 Å². The minimum atomic E-state index is -1.03. The van der Waals surface area contributed by atoms with Crippen molar-refractivity contribution in [3.05, 3.63) is 65.7 Å². The molecule has 2 N–H and O–H groups in total. The Balaban J connectivity index is 1.66. The zero-order valence-corrected chi connectivity index (χ0v) is 13.2. The first-order valence-corrected chi connectivity index (χ1v) is 7.55. The van der Waals surface area contributed by atoms with Gasteiger partial charge in [-0.15, -0.1) is 0 Å². The van der Waals surface area contributed by atoms with E-state index < -0.39 is 18.2 Å². The highest BCUT2D eigenvalue weighted by atomic mass is 16.5. The Bertz CT molecular complexity index is 787. The molecule has 2 amide bonds. The largest absolute Gasteiger partial charge is 0.445 e. The van der Waals surface area contributed by atoms with E-state index in [1.165, 1.54) is 0 Å². The number of benzene rings is 2. The first kappa shape index (κ1) is 15.7. The fraction of sp³-hybridized carbons (Fsp3) is 0.167. The predicted octanol–water partition coefficient (Wildman–Crippen LogP) is 2.70. The van der Waals surface area contributed by atoms with Gasteiger partial charge in [0.15, 0.2) is 0 Å². The zero-order chi connectivity index (χ0) is 16.9. The van der Waals surface area contributed by atoms with Gasteiger partial charge in [0.05, 0.1) is 0 Å². The van der Waals surface area contributed by atoms with Gasteiger partial charge >= 0.3 is 6.09 Å². The molecule has 2 aromatic rings. The molecule has 122 valence electrons. The molecule has 0 radical (unpaired) electrons. The van der Waals surface area contributed by atoms with Crippen molar-refractivity contribution in [1.29, 1.82) is 0 Å². The van der Waals surface area contributed by atoms with Crippen LogP contribution in [0.3, 0.4) is 0 Å². The molecule has 0 saturated heterocycles. The van der Waals surface area contributed by atoms with Crippen LogP contribution < -0.4 is 10.6 Å². The van der Waals surface area contributed by atoms with Crippen molar-refractivity contribution in [3.8, 4) is 0 Å². The summed E-state index contributed by atoms with van der Waals surface area (Å²) in [6.07, 6.45) is -1.72. The van der Waals surface area contributed by atoms with Crippen LogP contribution in [0.15, 0.2) is 59.6 Å². The fourth-order valence-electron chi connectivity index (χ4n) is 2.40. The van der Waals surface area contributed by atoms with E-state index in [9.17, 15) is 9.59 Å². The number of amides is 2. The van der Waals surface area contributed by atoms with Crippen molar-refractivity contribution in [2.75, 3.05) is 5.32 Å². The molecule has 0 aliphatic carbocycles. The van der Waals surface area contributed by atoms with Crippen molar-refractivity contribution < 1.29 is 14.3 Å². The summed E-state index contributed by atoms with van der Waals surface area (Å²) in [6.45, 7) is 1.92. The van der Waals surface area contributed by atoms with E-state index >= 15 is 0 Å². The lowest BCUT2D eigenvalue weighted by Gasteiger charge is -2.13. The summed E-state index contributed by atoms with van der Waals surface area (Å²) in [4.78, 5) is 28.5. The maximum atomic E-state index is 12.2. The molecule has 0 aromatic heterocycles. The number of carbonyl (C=O) groups excluding carboxylic acids is 2. The van der Waals surface area contributed by atoms with Gasteiger partial charge in [0.25, 0.3) is 5.91 Å². The average molecular weight is 323 g/mol. The normalized spacial score (nSPS) is 16.3. The number of ether oxygens (including phenoxy) is 1. The zero-order valence-electron chi connectivity index (χ0n) is 13.2. The van der Waals surface area contributed by atoms with Gasteiger partial charge in [-0.25, -0.2) is 4.79 Å². The molecule has 1 atom stereocenters. The van der Waals surface area contributed by atoms with Gasteiger partial charge in [-0.3, -0.25) is 15.1 Å². The van der Waals surface area contributed by atoms with Crippen LogP contribution in [0.1, 0.15) is 18.1 Å². The lowest BCUT2D eigenvalue weighted by molar-refractivity contribution is -0.117. The van der Waals surface area contributed by atoms with E-state index in [4.69, 9.17) is 4.74 Å². The topological polar surface area (TPSA) is 79.8 Å². The van der Waals surface area contributed by atoms with Crippen LogP contribution in [0.2, 0.25) is 0 Å². The van der Waals surface area contributed by atoms with Gasteiger partial charge in [-0.1, -0.05) is 48.5 Å². The number of benzodiazepines with no additional fused rings is 1. The maximum absolute atomic E-state index is 12.2. The quantitative estimate of drug-likeness (QED) is 0.911. The number of alkyl carbamates (subject to hydrolysis) is 1. The minimum absolute atomic E-state index is 0.129. The number of carbonyl (C=O) groups is 2. The van der Waals surface area contributed by atoms with Crippen molar-refractivity contribution in [2.45, 2.75) is 19.7 Å². The molecular weight excluding hydrogens is 306 g/mol. The molecule has 24 heavy (non-hydrogen) atoms. The number of nitrogens with zero attached hydrogens (tertiary/aromatic N) is 1. The molecule has 0 unspecified atom stereocenters. The molecular formula is C18H17N3O3. The predicted molar refractivity (Wildman–Crippen MR) is 90.8 cm³/mol. The number of nitrogens with one attached hydrogen (secondary N) is 2. The summed E-state index contributed by atoms with van der Waals surface area (Å²) in [5, 5.41) is 5.24. The Morgan fingerprint density at radius 3 is 2.67 bits per heavy atom. The number of aliphatic imine (C=N–C) groups is 1. The monoisotopic (exact) mass is 323 g/mol. The highest BCUT2D eigenvalue weighted by Crippen LogP contribution is 2.19. The van der Waals surface area contributed by atoms with Crippen LogP contribution in [0, 0.1) is 0 Å². The lowest BCUT2D eigenvalue weighted by atomic mass is 10.1. The molecule has 0 fully saturated rings. The molecule has 1 heterocycles. The average Bonchev–Trinajstić information content (AvgIpc) is 2.71. The Kier molecular flexibility index (Phi) is 4.56. The number of rotatable bonds is 3. The van der Waals surface area contributed by atoms with Crippen LogP contribution in [-0.4, -0.2) is 23.9 Å². The van der Waals surface area contributed by atoms with Gasteiger partial charge in [0, 0.05) is 17.0 Å². The third kappa shape index (κ3) is 3.60. The van der Waals surface area contributed by atoms with Crippen LogP contribution in [0.4, 0.5) is 10.5 Å². The Hall–Kier alpha value is -3.15. The van der Waals surface area contributed by atoms with E-state index in [1.807, 2.05) is 48.5 Å². The number of anilines is 1. The summed E-state index contributed by atoms with van der Waals surface area (Å²) >= 11 is 0. The van der Waals surface area contributed by atoms with Crippen molar-refractivity contribution >= 4 is 23.4 Å². The van der Waals surface area contributed by atoms with E-state index in [1.54, 1.807) is 13.0 Å². The summed E-state index contributed by atoms with van der Waals surface area (Å²) in [5.74, 6) is -0.407. The summed E-state index contributed by atoms with van der Waals surface area (Å²) in [6, 6.07) is 16.7. The molecule has 2 aromatic carbocycles. The minimum Gasteiger partial charge on any atom is -0.445 e. The van der Waals surface area contributed by atoms with Crippen LogP contribution >= 0.6 is 0 Å². The van der Waals surface area contributed by atoms with E-state index in [0.29, 0.717) is 11.4 Å². The smallest absolute Gasteiger partial charge is 0.409 e. The third-order valence-electron chi connectivity index (χ3n) is 3.61. The van der Waals surface area contributed by atoms with Gasteiger partial charge in [-0.2, -0.15) is 0 Å². The Labute approximate surface area is 139 Å². The fourth-order valence-corrected chi connectivity index (χ4v) is 2.40. The Morgan fingerprint density at radius 1 is 1.17 bits per heavy atom. The van der Waals surface area contributed by atoms with Crippen LogP contribution in [-0.2, 0) is 16.1 Å². The van der Waals surface area contributed by atoms with Crippen molar-refractivity contribution in [3.63, 3.8) is 0 Å². The second kappa shape index (κ2) is 6.95. The maximum Gasteiger partial charge on any atom is 0.409 e. The second-order valence-electron chi connectivity index (χ2n) is 5.36. The highest BCUT2D eigenvalue weighted by Gasteiger charge is 2.25. The van der Waals surface area contributed by atoms with Gasteiger partial charge in [0.2, 0.25) is 6.17 Å². The first-order valence-electron chi connectivity index (χ1n) is 7.55. The lowest BCUT2D eigenvalue weighted by Crippen LogP contribution is -2.42. The molecule has 6 heteroatoms. The van der Waals surface area contributed by atoms with Gasteiger partial charge in [0.1, 0.15) is 6.61 Å². The van der Waals surface area contributed by atoms with Crippen LogP contribution in [0.25, 0.3) is 0 Å². The molecule has 0 bridgehead atoms. The van der Waals surface area contributed by atoms with Gasteiger partial charge in [-0.05, 0) is 18.6 Å². The summed E-state index contributed by atoms with van der Waals surface area (Å²) in [5.41, 5.74) is 3.03. The van der Waals surface area contributed by atoms with E-state index in [0.717, 1.165) is 11.1 Å². The van der Waals surface area contributed by atoms with Gasteiger partial charge < -0.3 is 10.1 Å². The van der Waals surface area contributed by atoms with Crippen molar-refractivity contribution in [2.24, 2.45) is 4.99 Å². The standard InChI is InChI=1S/C18H17N3O3/c1-12-14-9-5-6-10-15(14)20-17(22)16(19-12)21-18(23)24-11-13-7-3-2-4-8-13/h2-10,16H,11H2,1H3,(H,20,22)(H,21,23)/t16-/m1/s1. The molecule has 3 rings (SSSR count). The molecule has 6 nitrogen and oxygen atoms in total. The summed E-state index contributed by atoms with van der Waals surface area (Å²) < 4.78 is 5.13. The number of fused-ring (bicyclic) bond motifs is 1. The second-order valence-corrected chi connectivity index (χ2v) is 5.36. The number of hydrogen-bond acceptors (Lipinski definition) is 4. The van der Waals surface area contributed by atoms with Crippen LogP contribution in [0.5, 0.6) is 0 Å². The molecule has 0 spiro atoms. The SMILES string of the molecule is CC1=N[C@H](NC(=O)OCc2ccccc2)C(=O)Nc2ccccc21. The Morgan fingerprint density at radius 2 is 1.88 bits per heavy atom. The molecule has 0 saturated carbocycles. The number of hydrogen-bond donors (Lipinski definition) is 2. The highest BCUT2D eigenvalue weighted by molar-refractivity contribution is 6.11. The first-order chi connectivity index (χ1) is 11.6. The molecule has 1 aliphatic heterocycles. The number of para-hydroxylation sites is 1. The van der Waals surface area contributed by atoms with E-state index in [-0.39, 0.29) is 6.61 Å². The molecule has 1 aliphatic rings. The third-order valence-corrected chi connectivity index (χ3v) is 3.61. The van der Waals surface area contributed by atoms with E-state index in [2.05, 4.69) is 15.6 Å².